The Balaban J connectivity index is 1.95. The fourth-order valence-corrected chi connectivity index (χ4v) is 10.4. The molecule has 292 valence electrons. The van der Waals surface area contributed by atoms with Crippen molar-refractivity contribution in [3.63, 3.8) is 0 Å². The number of rotatable bonds is 3. The zero-order valence-corrected chi connectivity index (χ0v) is 37.6. The van der Waals surface area contributed by atoms with Crippen LogP contribution in [0.3, 0.4) is 0 Å². The Hall–Kier alpha value is -3.07. The zero-order chi connectivity index (χ0) is 41.0. The molecule has 0 radical (unpaired) electrons. The Morgan fingerprint density at radius 1 is 0.352 bits per heavy atom. The van der Waals surface area contributed by atoms with Crippen molar-refractivity contribution in [2.24, 2.45) is 0 Å². The molecule has 0 aromatic heterocycles. The van der Waals surface area contributed by atoms with Crippen LogP contribution in [0.15, 0.2) is 72.8 Å². The first kappa shape index (κ1) is 42.1. The van der Waals surface area contributed by atoms with Crippen molar-refractivity contribution < 1.29 is 14.7 Å². The van der Waals surface area contributed by atoms with Crippen LogP contribution in [0.25, 0.3) is 32.7 Å². The van der Waals surface area contributed by atoms with Crippen LogP contribution >= 0.6 is 7.28 Å². The van der Waals surface area contributed by atoms with Gasteiger partial charge in [-0.2, -0.15) is 0 Å². The van der Waals surface area contributed by atoms with E-state index in [-0.39, 0.29) is 37.7 Å². The van der Waals surface area contributed by atoms with Gasteiger partial charge in [0.15, 0.2) is 0 Å². The second-order valence-corrected chi connectivity index (χ2v) is 25.2. The molecule has 0 heterocycles. The summed E-state index contributed by atoms with van der Waals surface area (Å²) in [6, 6.07) is 25.1. The quantitative estimate of drug-likeness (QED) is 0.161. The standard InChI is InChI=1S/C50H69O3P/c1-45(2,3)33-23-31-25-39(47(7,8)9)38(29-36(31)40(27-33)48(10,11)12)35-21-19-20-22-43(35)54(51,52,53)44-30-37-32(26-42(44)50(16,17)18)24-34(46(4,5)6)28-41(37)49(13,14)15/h19-30,51-53H,1-18H3. The summed E-state index contributed by atoms with van der Waals surface area (Å²) in [7, 11) is -5.84. The van der Waals surface area contributed by atoms with Crippen LogP contribution in [0.1, 0.15) is 158 Å². The molecule has 0 aliphatic carbocycles. The fourth-order valence-electron chi connectivity index (χ4n) is 7.89. The summed E-state index contributed by atoms with van der Waals surface area (Å²) in [5.74, 6) is 0. The first-order valence-corrected chi connectivity index (χ1v) is 21.8. The van der Waals surface area contributed by atoms with Gasteiger partial charge in [0.05, 0.1) is 0 Å². The molecular formula is C50H69O3P. The van der Waals surface area contributed by atoms with Gasteiger partial charge in [0.1, 0.15) is 0 Å². The van der Waals surface area contributed by atoms with E-state index in [0.717, 1.165) is 38.4 Å². The Kier molecular flexibility index (Phi) is 9.91. The maximum absolute atomic E-state index is 13.0. The van der Waals surface area contributed by atoms with Crippen molar-refractivity contribution in [3.8, 4) is 11.1 Å². The summed E-state index contributed by atoms with van der Waals surface area (Å²) < 4.78 is 0. The van der Waals surface area contributed by atoms with Gasteiger partial charge in [-0.1, -0.05) is 0 Å². The maximum atomic E-state index is 13.0. The molecule has 54 heavy (non-hydrogen) atoms. The summed E-state index contributed by atoms with van der Waals surface area (Å²) in [4.78, 5) is 39.0. The molecule has 3 N–H and O–H groups in total. The van der Waals surface area contributed by atoms with E-state index in [1.807, 2.05) is 24.3 Å². The van der Waals surface area contributed by atoms with Crippen LogP contribution in [0.2, 0.25) is 0 Å². The van der Waals surface area contributed by atoms with E-state index in [4.69, 9.17) is 0 Å². The second-order valence-electron chi connectivity index (χ2n) is 22.3. The Labute approximate surface area is 327 Å². The van der Waals surface area contributed by atoms with Crippen LogP contribution in [0.4, 0.5) is 0 Å². The molecule has 0 bridgehead atoms. The average Bonchev–Trinajstić information content (AvgIpc) is 2.99. The summed E-state index contributed by atoms with van der Waals surface area (Å²) >= 11 is 0. The predicted octanol–water partition coefficient (Wildman–Crippen LogP) is 12.7. The molecular weight excluding hydrogens is 680 g/mol. The SMILES string of the molecule is CC(C)(C)c1cc(C(C)(C)C)c2cc(-c3ccccc3P(O)(O)(O)c3cc4c(C(C)(C)C)cc(C(C)(C)C)cc4cc3C(C)(C)C)c(C(C)(C)C)cc2c1. The van der Waals surface area contributed by atoms with E-state index in [1.54, 1.807) is 6.07 Å². The van der Waals surface area contributed by atoms with E-state index in [0.29, 0.717) is 5.56 Å². The van der Waals surface area contributed by atoms with E-state index in [9.17, 15) is 14.7 Å². The monoisotopic (exact) mass is 748 g/mol. The van der Waals surface area contributed by atoms with Crippen molar-refractivity contribution in [1.82, 2.24) is 0 Å². The number of fused-ring (bicyclic) bond motifs is 2. The molecule has 0 saturated heterocycles. The summed E-state index contributed by atoms with van der Waals surface area (Å²) in [6.45, 7) is 39.7. The second kappa shape index (κ2) is 12.7. The third-order valence-electron chi connectivity index (χ3n) is 11.2. The van der Waals surface area contributed by atoms with Gasteiger partial charge in [0, 0.05) is 0 Å². The average molecular weight is 749 g/mol. The van der Waals surface area contributed by atoms with Gasteiger partial charge in [-0.3, -0.25) is 0 Å². The molecule has 0 aliphatic heterocycles. The van der Waals surface area contributed by atoms with E-state index in [1.165, 1.54) is 22.1 Å². The summed E-state index contributed by atoms with van der Waals surface area (Å²) in [5, 5.41) is 4.62. The Morgan fingerprint density at radius 3 is 1.15 bits per heavy atom. The minimum atomic E-state index is -5.84. The Bertz CT molecular complexity index is 2260. The molecule has 0 spiro atoms. The first-order valence-electron chi connectivity index (χ1n) is 19.7. The third-order valence-corrected chi connectivity index (χ3v) is 13.7. The predicted molar refractivity (Wildman–Crippen MR) is 238 cm³/mol. The fraction of sp³-hybridized carbons (Fsp3) is 0.480. The van der Waals surface area contributed by atoms with Crippen molar-refractivity contribution in [2.75, 3.05) is 0 Å². The van der Waals surface area contributed by atoms with Gasteiger partial charge in [0.25, 0.3) is 0 Å². The van der Waals surface area contributed by atoms with Gasteiger partial charge in [-0.15, -0.1) is 0 Å². The Morgan fingerprint density at radius 2 is 0.741 bits per heavy atom. The van der Waals surface area contributed by atoms with Gasteiger partial charge >= 0.3 is 329 Å². The van der Waals surface area contributed by atoms with Crippen molar-refractivity contribution in [2.45, 2.75) is 157 Å². The first-order chi connectivity index (χ1) is 24.1. The van der Waals surface area contributed by atoms with Crippen LogP contribution in [0.5, 0.6) is 0 Å². The molecule has 0 fully saturated rings. The molecule has 0 saturated carbocycles. The normalized spacial score (nSPS) is 14.8. The van der Waals surface area contributed by atoms with E-state index in [2.05, 4.69) is 167 Å². The number of hydrogen-bond acceptors (Lipinski definition) is 3. The molecule has 5 rings (SSSR count). The molecule has 0 amide bonds. The van der Waals surface area contributed by atoms with Crippen LogP contribution in [-0.4, -0.2) is 14.7 Å². The number of benzene rings is 5. The van der Waals surface area contributed by atoms with Gasteiger partial charge in [-0.05, 0) is 0 Å². The molecule has 5 aromatic rings. The summed E-state index contributed by atoms with van der Waals surface area (Å²) in [5.41, 5.74) is 6.90. The van der Waals surface area contributed by atoms with Crippen molar-refractivity contribution >= 4 is 39.4 Å². The molecule has 0 unspecified atom stereocenters. The number of hydrogen-bond donors (Lipinski definition) is 3. The molecule has 4 heteroatoms. The van der Waals surface area contributed by atoms with Gasteiger partial charge in [0.2, 0.25) is 0 Å². The van der Waals surface area contributed by atoms with Crippen LogP contribution < -0.4 is 10.6 Å². The van der Waals surface area contributed by atoms with Crippen LogP contribution in [0, 0.1) is 0 Å². The van der Waals surface area contributed by atoms with E-state index < -0.39 is 12.7 Å². The molecule has 5 aromatic carbocycles. The van der Waals surface area contributed by atoms with Crippen molar-refractivity contribution in [3.05, 3.63) is 106 Å². The van der Waals surface area contributed by atoms with Gasteiger partial charge < -0.3 is 0 Å². The van der Waals surface area contributed by atoms with Crippen LogP contribution in [-0.2, 0) is 32.5 Å². The zero-order valence-electron chi connectivity index (χ0n) is 36.7. The van der Waals surface area contributed by atoms with Gasteiger partial charge in [-0.25, -0.2) is 0 Å². The van der Waals surface area contributed by atoms with Crippen molar-refractivity contribution in [1.29, 1.82) is 0 Å². The molecule has 0 aliphatic rings. The topological polar surface area (TPSA) is 60.7 Å². The summed E-state index contributed by atoms with van der Waals surface area (Å²) in [6.07, 6.45) is 0. The molecule has 0 atom stereocenters. The van der Waals surface area contributed by atoms with E-state index >= 15 is 0 Å². The minimum absolute atomic E-state index is 0.0327. The molecule has 3 nitrogen and oxygen atoms in total. The third kappa shape index (κ3) is 7.82.